The van der Waals surface area contributed by atoms with Crippen molar-refractivity contribution in [3.63, 3.8) is 0 Å². The van der Waals surface area contributed by atoms with E-state index in [1.54, 1.807) is 36.3 Å². The molecular formula is C26H22ClNO3. The number of allylic oxidation sites excluding steroid dienone is 1. The van der Waals surface area contributed by atoms with Crippen LogP contribution < -0.4 is 9.64 Å². The van der Waals surface area contributed by atoms with E-state index in [9.17, 15) is 9.90 Å². The molecule has 0 aliphatic carbocycles. The average Bonchev–Trinajstić information content (AvgIpc) is 3.05. The van der Waals surface area contributed by atoms with Crippen LogP contribution in [0.15, 0.2) is 96.3 Å². The molecule has 1 heterocycles. The molecule has 0 radical (unpaired) electrons. The molecule has 3 aromatic carbocycles. The zero-order valence-corrected chi connectivity index (χ0v) is 17.8. The fraction of sp³-hybridized carbons (Fsp3) is 0.115. The van der Waals surface area contributed by atoms with Gasteiger partial charge in [-0.1, -0.05) is 66.2 Å². The van der Waals surface area contributed by atoms with Gasteiger partial charge in [-0.3, -0.25) is 9.69 Å². The minimum absolute atomic E-state index is 0.214. The molecule has 1 N–H and O–H groups in total. The van der Waals surface area contributed by atoms with Gasteiger partial charge in [0.2, 0.25) is 0 Å². The van der Waals surface area contributed by atoms with Crippen molar-refractivity contribution < 1.29 is 14.6 Å². The van der Waals surface area contributed by atoms with E-state index in [4.69, 9.17) is 16.3 Å². The zero-order chi connectivity index (χ0) is 21.8. The van der Waals surface area contributed by atoms with Gasteiger partial charge in [0.1, 0.15) is 5.75 Å². The third-order valence-electron chi connectivity index (χ3n) is 5.30. The Bertz CT molecular complexity index is 1120. The monoisotopic (exact) mass is 431 g/mol. The lowest BCUT2D eigenvalue weighted by atomic mass is 9.96. The molecular weight excluding hydrogens is 410 g/mol. The smallest absolute Gasteiger partial charge is 0.293 e. The van der Waals surface area contributed by atoms with E-state index in [-0.39, 0.29) is 5.76 Å². The lowest BCUT2D eigenvalue weighted by molar-refractivity contribution is -0.117. The highest BCUT2D eigenvalue weighted by molar-refractivity contribution is 6.30. The van der Waals surface area contributed by atoms with E-state index in [0.717, 1.165) is 11.1 Å². The highest BCUT2D eigenvalue weighted by atomic mass is 35.5. The van der Waals surface area contributed by atoms with Gasteiger partial charge >= 0.3 is 0 Å². The standard InChI is InChI=1S/C26H22ClNO3/c1-31-22-16-14-21(15-17-22)28-24(19-10-12-20(27)13-11-19)23(25(29)26(28)30)9-5-8-18-6-3-2-4-7-18/h2-8,10-17,24,29H,9H2,1H3. The second-order valence-corrected chi connectivity index (χ2v) is 7.65. The number of hydrogen-bond donors (Lipinski definition) is 1. The van der Waals surface area contributed by atoms with Gasteiger partial charge in [-0.2, -0.15) is 0 Å². The SMILES string of the molecule is COc1ccc(N2C(=O)C(O)=C(CC=Cc3ccccc3)C2c2ccc(Cl)cc2)cc1. The Balaban J connectivity index is 1.71. The Morgan fingerprint density at radius 2 is 1.68 bits per heavy atom. The number of halogens is 1. The van der Waals surface area contributed by atoms with Crippen molar-refractivity contribution in [1.82, 2.24) is 0 Å². The Labute approximate surface area is 186 Å². The minimum atomic E-state index is -0.432. The van der Waals surface area contributed by atoms with E-state index >= 15 is 0 Å². The molecule has 31 heavy (non-hydrogen) atoms. The normalized spacial score (nSPS) is 16.4. The van der Waals surface area contributed by atoms with Crippen molar-refractivity contribution in [3.05, 3.63) is 112 Å². The molecule has 0 saturated heterocycles. The van der Waals surface area contributed by atoms with Crippen LogP contribution >= 0.6 is 11.6 Å². The first-order valence-electron chi connectivity index (χ1n) is 9.95. The molecule has 4 nitrogen and oxygen atoms in total. The second kappa shape index (κ2) is 9.11. The van der Waals surface area contributed by atoms with Crippen molar-refractivity contribution in [1.29, 1.82) is 0 Å². The number of aliphatic hydroxyl groups is 1. The molecule has 0 bridgehead atoms. The van der Waals surface area contributed by atoms with Gasteiger partial charge in [0, 0.05) is 16.3 Å². The highest BCUT2D eigenvalue weighted by Crippen LogP contribution is 2.42. The van der Waals surface area contributed by atoms with Gasteiger partial charge in [0.25, 0.3) is 5.91 Å². The first-order valence-corrected chi connectivity index (χ1v) is 10.3. The van der Waals surface area contributed by atoms with Crippen LogP contribution in [0.5, 0.6) is 5.75 Å². The number of hydrogen-bond acceptors (Lipinski definition) is 3. The predicted molar refractivity (Wildman–Crippen MR) is 124 cm³/mol. The van der Waals surface area contributed by atoms with Gasteiger partial charge in [0.05, 0.1) is 13.2 Å². The average molecular weight is 432 g/mol. The zero-order valence-electron chi connectivity index (χ0n) is 17.0. The number of anilines is 1. The molecule has 0 spiro atoms. The molecule has 1 aliphatic heterocycles. The number of aliphatic hydroxyl groups excluding tert-OH is 1. The summed E-state index contributed by atoms with van der Waals surface area (Å²) in [4.78, 5) is 14.7. The summed E-state index contributed by atoms with van der Waals surface area (Å²) in [5.41, 5.74) is 3.26. The molecule has 5 heteroatoms. The Kier molecular flexibility index (Phi) is 6.10. The molecule has 4 rings (SSSR count). The summed E-state index contributed by atoms with van der Waals surface area (Å²) in [6.45, 7) is 0. The summed E-state index contributed by atoms with van der Waals surface area (Å²) in [5, 5.41) is 11.4. The molecule has 0 aromatic heterocycles. The van der Waals surface area contributed by atoms with Crippen molar-refractivity contribution in [2.75, 3.05) is 12.0 Å². The van der Waals surface area contributed by atoms with Crippen LogP contribution in [-0.4, -0.2) is 18.1 Å². The number of rotatable bonds is 6. The van der Waals surface area contributed by atoms with Crippen molar-refractivity contribution in [2.45, 2.75) is 12.5 Å². The number of methoxy groups -OCH3 is 1. The molecule has 1 aliphatic rings. The topological polar surface area (TPSA) is 49.8 Å². The summed E-state index contributed by atoms with van der Waals surface area (Å²) in [6.07, 6.45) is 4.39. The van der Waals surface area contributed by atoms with Crippen LogP contribution in [0, 0.1) is 0 Å². The minimum Gasteiger partial charge on any atom is -0.503 e. The summed E-state index contributed by atoms with van der Waals surface area (Å²) < 4.78 is 5.23. The Morgan fingerprint density at radius 3 is 2.32 bits per heavy atom. The summed E-state index contributed by atoms with van der Waals surface area (Å²) >= 11 is 6.08. The van der Waals surface area contributed by atoms with Crippen LogP contribution in [0.25, 0.3) is 6.08 Å². The maximum absolute atomic E-state index is 13.1. The molecule has 3 aromatic rings. The molecule has 156 valence electrons. The first-order chi connectivity index (χ1) is 15.1. The van der Waals surface area contributed by atoms with E-state index in [1.807, 2.05) is 66.7 Å². The quantitative estimate of drug-likeness (QED) is 0.494. The number of nitrogens with zero attached hydrogens (tertiary/aromatic N) is 1. The molecule has 1 unspecified atom stereocenters. The van der Waals surface area contributed by atoms with Crippen LogP contribution in [0.2, 0.25) is 5.02 Å². The first kappa shape index (κ1) is 20.8. The number of carbonyl (C=O) groups excluding carboxylic acids is 1. The van der Waals surface area contributed by atoms with Crippen LogP contribution in [0.3, 0.4) is 0 Å². The molecule has 1 atom stereocenters. The van der Waals surface area contributed by atoms with E-state index in [1.165, 1.54) is 0 Å². The Morgan fingerprint density at radius 1 is 1.00 bits per heavy atom. The summed E-state index contributed by atoms with van der Waals surface area (Å²) in [7, 11) is 1.59. The van der Waals surface area contributed by atoms with Gasteiger partial charge in [0.15, 0.2) is 5.76 Å². The fourth-order valence-corrected chi connectivity index (χ4v) is 3.88. The highest BCUT2D eigenvalue weighted by Gasteiger charge is 2.40. The van der Waals surface area contributed by atoms with Crippen LogP contribution in [0.1, 0.15) is 23.6 Å². The van der Waals surface area contributed by atoms with Gasteiger partial charge in [-0.05, 0) is 53.9 Å². The maximum atomic E-state index is 13.1. The lowest BCUT2D eigenvalue weighted by Gasteiger charge is -2.27. The fourth-order valence-electron chi connectivity index (χ4n) is 3.75. The maximum Gasteiger partial charge on any atom is 0.293 e. The molecule has 1 amide bonds. The van der Waals surface area contributed by atoms with Gasteiger partial charge in [-0.25, -0.2) is 0 Å². The lowest BCUT2D eigenvalue weighted by Crippen LogP contribution is -2.30. The van der Waals surface area contributed by atoms with Crippen molar-refractivity contribution in [3.8, 4) is 5.75 Å². The van der Waals surface area contributed by atoms with Crippen LogP contribution in [-0.2, 0) is 4.79 Å². The van der Waals surface area contributed by atoms with Crippen molar-refractivity contribution >= 4 is 29.3 Å². The molecule has 0 saturated carbocycles. The van der Waals surface area contributed by atoms with E-state index in [0.29, 0.717) is 28.5 Å². The number of benzene rings is 3. The van der Waals surface area contributed by atoms with Crippen LogP contribution in [0.4, 0.5) is 5.69 Å². The van der Waals surface area contributed by atoms with E-state index < -0.39 is 11.9 Å². The van der Waals surface area contributed by atoms with E-state index in [2.05, 4.69) is 0 Å². The third kappa shape index (κ3) is 4.35. The Hall–Kier alpha value is -3.50. The number of amides is 1. The molecule has 0 fully saturated rings. The van der Waals surface area contributed by atoms with Gasteiger partial charge < -0.3 is 9.84 Å². The second-order valence-electron chi connectivity index (χ2n) is 7.22. The predicted octanol–water partition coefficient (Wildman–Crippen LogP) is 6.35. The van der Waals surface area contributed by atoms with Gasteiger partial charge in [-0.15, -0.1) is 0 Å². The largest absolute Gasteiger partial charge is 0.503 e. The number of ether oxygens (including phenoxy) is 1. The summed E-state index contributed by atoms with van der Waals surface area (Å²) in [6, 6.07) is 24.1. The summed E-state index contributed by atoms with van der Waals surface area (Å²) in [5.74, 6) is 0.0587. The third-order valence-corrected chi connectivity index (χ3v) is 5.55. The number of carbonyl (C=O) groups is 1. The van der Waals surface area contributed by atoms with Crippen molar-refractivity contribution in [2.24, 2.45) is 0 Å².